The summed E-state index contributed by atoms with van der Waals surface area (Å²) < 4.78 is 32.2. The van der Waals surface area contributed by atoms with E-state index in [0.717, 1.165) is 17.0 Å². The monoisotopic (exact) mass is 440 g/mol. The third kappa shape index (κ3) is 3.87. The lowest BCUT2D eigenvalue weighted by Crippen LogP contribution is -2.32. The number of anilines is 2. The van der Waals surface area contributed by atoms with E-state index >= 15 is 0 Å². The van der Waals surface area contributed by atoms with E-state index in [4.69, 9.17) is 16.3 Å². The molecule has 0 atom stereocenters. The summed E-state index contributed by atoms with van der Waals surface area (Å²) in [5.74, 6) is -2.77. The molecule has 31 heavy (non-hydrogen) atoms. The molecule has 8 heteroatoms. The summed E-state index contributed by atoms with van der Waals surface area (Å²) >= 11 is 6.03. The van der Waals surface area contributed by atoms with Gasteiger partial charge in [-0.15, -0.1) is 0 Å². The number of nitrogens with zero attached hydrogens (tertiary/aromatic N) is 1. The fourth-order valence-electron chi connectivity index (χ4n) is 3.24. The van der Waals surface area contributed by atoms with Crippen molar-refractivity contribution in [3.8, 4) is 5.75 Å². The molecule has 4 rings (SSSR count). The molecular formula is C23H15ClF2N2O3. The molecule has 5 nitrogen and oxygen atoms in total. The molecule has 0 aromatic heterocycles. The summed E-state index contributed by atoms with van der Waals surface area (Å²) in [5.41, 5.74) is 0.872. The van der Waals surface area contributed by atoms with E-state index in [0.29, 0.717) is 16.3 Å². The summed E-state index contributed by atoms with van der Waals surface area (Å²) in [7, 11) is 1.51. The second kappa shape index (κ2) is 8.20. The highest BCUT2D eigenvalue weighted by molar-refractivity contribution is 6.46. The van der Waals surface area contributed by atoms with Gasteiger partial charge >= 0.3 is 0 Å². The van der Waals surface area contributed by atoms with E-state index in [2.05, 4.69) is 5.32 Å². The molecule has 3 aromatic rings. The van der Waals surface area contributed by atoms with Crippen LogP contribution in [0.4, 0.5) is 20.2 Å². The molecule has 0 saturated carbocycles. The first-order valence-corrected chi connectivity index (χ1v) is 9.52. The zero-order chi connectivity index (χ0) is 22.1. The van der Waals surface area contributed by atoms with Crippen LogP contribution >= 0.6 is 11.6 Å². The van der Waals surface area contributed by atoms with Crippen molar-refractivity contribution >= 4 is 40.4 Å². The van der Waals surface area contributed by atoms with Gasteiger partial charge in [-0.2, -0.15) is 0 Å². The molecule has 2 amide bonds. The van der Waals surface area contributed by atoms with Crippen molar-refractivity contribution in [3.05, 3.63) is 94.6 Å². The zero-order valence-corrected chi connectivity index (χ0v) is 16.9. The third-order valence-corrected chi connectivity index (χ3v) is 4.95. The standard InChI is InChI=1S/C23H15ClF2N2O3/c1-31-17-8-5-13(6-9-17)20-21(27-15-7-10-18(25)19(26)12-15)23(30)28(22(20)29)16-4-2-3-14(24)11-16/h2-12,27H,1H3. The molecule has 1 N–H and O–H groups in total. The number of hydrogen-bond donors (Lipinski definition) is 1. The van der Waals surface area contributed by atoms with Gasteiger partial charge in [0.05, 0.1) is 18.4 Å². The number of carbonyl (C=O) groups is 2. The Morgan fingerprint density at radius 1 is 0.903 bits per heavy atom. The second-order valence-electron chi connectivity index (χ2n) is 6.66. The highest BCUT2D eigenvalue weighted by atomic mass is 35.5. The lowest BCUT2D eigenvalue weighted by molar-refractivity contribution is -0.120. The largest absolute Gasteiger partial charge is 0.497 e. The fraction of sp³-hybridized carbons (Fsp3) is 0.0435. The first kappa shape index (κ1) is 20.6. The molecule has 0 fully saturated rings. The highest BCUT2D eigenvalue weighted by Gasteiger charge is 2.40. The van der Waals surface area contributed by atoms with Gasteiger partial charge in [0, 0.05) is 16.8 Å². The van der Waals surface area contributed by atoms with Gasteiger partial charge in [-0.25, -0.2) is 13.7 Å². The van der Waals surface area contributed by atoms with Gasteiger partial charge in [-0.3, -0.25) is 9.59 Å². The van der Waals surface area contributed by atoms with E-state index in [1.807, 2.05) is 0 Å². The number of halogens is 3. The van der Waals surface area contributed by atoms with Crippen LogP contribution in [-0.2, 0) is 9.59 Å². The first-order chi connectivity index (χ1) is 14.9. The normalized spacial score (nSPS) is 13.7. The lowest BCUT2D eigenvalue weighted by atomic mass is 10.0. The second-order valence-corrected chi connectivity index (χ2v) is 7.09. The maximum Gasteiger partial charge on any atom is 0.282 e. The lowest BCUT2D eigenvalue weighted by Gasteiger charge is -2.15. The minimum Gasteiger partial charge on any atom is -0.497 e. The minimum absolute atomic E-state index is 0.0684. The van der Waals surface area contributed by atoms with Gasteiger partial charge in [0.2, 0.25) is 0 Å². The summed E-state index contributed by atoms with van der Waals surface area (Å²) in [4.78, 5) is 27.5. The maximum absolute atomic E-state index is 13.7. The molecule has 1 heterocycles. The number of methoxy groups -OCH3 is 1. The van der Waals surface area contributed by atoms with E-state index in [9.17, 15) is 18.4 Å². The molecule has 0 saturated heterocycles. The number of amides is 2. The van der Waals surface area contributed by atoms with E-state index < -0.39 is 23.4 Å². The number of carbonyl (C=O) groups excluding carboxylic acids is 2. The van der Waals surface area contributed by atoms with Crippen LogP contribution in [0.25, 0.3) is 5.57 Å². The van der Waals surface area contributed by atoms with Crippen LogP contribution in [0.2, 0.25) is 5.02 Å². The van der Waals surface area contributed by atoms with Crippen LogP contribution in [-0.4, -0.2) is 18.9 Å². The Morgan fingerprint density at radius 2 is 1.65 bits per heavy atom. The molecule has 156 valence electrons. The van der Waals surface area contributed by atoms with Crippen molar-refractivity contribution in [1.29, 1.82) is 0 Å². The van der Waals surface area contributed by atoms with Crippen molar-refractivity contribution in [2.75, 3.05) is 17.3 Å². The Hall–Kier alpha value is -3.71. The number of nitrogens with one attached hydrogen (secondary N) is 1. The molecule has 0 spiro atoms. The summed E-state index contributed by atoms with van der Waals surface area (Å²) in [6.07, 6.45) is 0. The van der Waals surface area contributed by atoms with Gasteiger partial charge in [0.1, 0.15) is 11.4 Å². The van der Waals surface area contributed by atoms with Crippen molar-refractivity contribution < 1.29 is 23.1 Å². The molecule has 0 bridgehead atoms. The van der Waals surface area contributed by atoms with Gasteiger partial charge in [-0.1, -0.05) is 29.8 Å². The molecule has 0 unspecified atom stereocenters. The fourth-order valence-corrected chi connectivity index (χ4v) is 3.42. The summed E-state index contributed by atoms with van der Waals surface area (Å²) in [5, 5.41) is 3.13. The van der Waals surface area contributed by atoms with Gasteiger partial charge in [0.15, 0.2) is 11.6 Å². The van der Waals surface area contributed by atoms with Crippen LogP contribution < -0.4 is 15.0 Å². The number of imide groups is 1. The highest BCUT2D eigenvalue weighted by Crippen LogP contribution is 2.35. The first-order valence-electron chi connectivity index (χ1n) is 9.14. The molecule has 1 aliphatic heterocycles. The van der Waals surface area contributed by atoms with Crippen LogP contribution in [0, 0.1) is 11.6 Å². The Kier molecular flexibility index (Phi) is 5.44. The van der Waals surface area contributed by atoms with Crippen molar-refractivity contribution in [1.82, 2.24) is 0 Å². The molecule has 0 radical (unpaired) electrons. The Bertz CT molecular complexity index is 1230. The predicted molar refractivity (Wildman–Crippen MR) is 114 cm³/mol. The van der Waals surface area contributed by atoms with Crippen molar-refractivity contribution in [3.63, 3.8) is 0 Å². The maximum atomic E-state index is 13.7. The van der Waals surface area contributed by atoms with Gasteiger partial charge in [0.25, 0.3) is 11.8 Å². The zero-order valence-electron chi connectivity index (χ0n) is 16.2. The average molecular weight is 441 g/mol. The Balaban J connectivity index is 1.82. The van der Waals surface area contributed by atoms with Crippen LogP contribution in [0.3, 0.4) is 0 Å². The van der Waals surface area contributed by atoms with Crippen molar-refractivity contribution in [2.45, 2.75) is 0 Å². The minimum atomic E-state index is -1.08. The quantitative estimate of drug-likeness (QED) is 0.566. The van der Waals surface area contributed by atoms with Crippen LogP contribution in [0.1, 0.15) is 5.56 Å². The SMILES string of the molecule is COc1ccc(C2=C(Nc3ccc(F)c(F)c3)C(=O)N(c3cccc(Cl)c3)C2=O)cc1. The number of hydrogen-bond acceptors (Lipinski definition) is 4. The van der Waals surface area contributed by atoms with Gasteiger partial charge in [-0.05, 0) is 48.0 Å². The van der Waals surface area contributed by atoms with E-state index in [1.165, 1.54) is 19.2 Å². The van der Waals surface area contributed by atoms with Gasteiger partial charge < -0.3 is 10.1 Å². The van der Waals surface area contributed by atoms with Crippen LogP contribution in [0.15, 0.2) is 72.4 Å². The number of ether oxygens (including phenoxy) is 1. The third-order valence-electron chi connectivity index (χ3n) is 4.72. The molecular weight excluding hydrogens is 426 g/mol. The average Bonchev–Trinajstić information content (AvgIpc) is 3.00. The Labute approximate surface area is 181 Å². The number of benzene rings is 3. The summed E-state index contributed by atoms with van der Waals surface area (Å²) in [6, 6.07) is 16.0. The van der Waals surface area contributed by atoms with Crippen molar-refractivity contribution in [2.24, 2.45) is 0 Å². The van der Waals surface area contributed by atoms with E-state index in [-0.39, 0.29) is 22.6 Å². The molecule has 1 aliphatic rings. The topological polar surface area (TPSA) is 58.6 Å². The molecule has 3 aromatic carbocycles. The van der Waals surface area contributed by atoms with Crippen LogP contribution in [0.5, 0.6) is 5.75 Å². The Morgan fingerprint density at radius 3 is 2.29 bits per heavy atom. The number of rotatable bonds is 5. The molecule has 0 aliphatic carbocycles. The predicted octanol–water partition coefficient (Wildman–Crippen LogP) is 5.02. The van der Waals surface area contributed by atoms with E-state index in [1.54, 1.807) is 42.5 Å². The summed E-state index contributed by atoms with van der Waals surface area (Å²) in [6.45, 7) is 0. The smallest absolute Gasteiger partial charge is 0.282 e.